The van der Waals surface area contributed by atoms with Crippen LogP contribution in [0.15, 0.2) is 33.1 Å². The first-order valence-corrected chi connectivity index (χ1v) is 12.4. The van der Waals surface area contributed by atoms with Crippen molar-refractivity contribution in [1.82, 2.24) is 9.88 Å². The van der Waals surface area contributed by atoms with Crippen LogP contribution in [0.1, 0.15) is 19.3 Å². The van der Waals surface area contributed by atoms with Crippen LogP contribution in [0.3, 0.4) is 0 Å². The predicted octanol–water partition coefficient (Wildman–Crippen LogP) is 4.26. The van der Waals surface area contributed by atoms with Crippen LogP contribution < -0.4 is 10.0 Å². The molecule has 0 amide bonds. The number of sulfonamides is 1. The van der Waals surface area contributed by atoms with Gasteiger partial charge in [0.2, 0.25) is 0 Å². The molecule has 1 aromatic heterocycles. The van der Waals surface area contributed by atoms with Gasteiger partial charge in [0.05, 0.1) is 10.7 Å². The lowest BCUT2D eigenvalue weighted by atomic mass is 9.98. The van der Waals surface area contributed by atoms with Crippen molar-refractivity contribution in [3.63, 3.8) is 0 Å². The second kappa shape index (κ2) is 7.87. The van der Waals surface area contributed by atoms with Crippen LogP contribution >= 0.6 is 38.9 Å². The summed E-state index contributed by atoms with van der Waals surface area (Å²) in [5, 5.41) is 5.84. The maximum Gasteiger partial charge on any atom is 0.264 e. The minimum absolute atomic E-state index is 0.0936. The molecule has 1 aromatic carbocycles. The molecule has 3 heterocycles. The molecule has 27 heavy (non-hydrogen) atoms. The van der Waals surface area contributed by atoms with Crippen molar-refractivity contribution >= 4 is 59.7 Å². The third-order valence-corrected chi connectivity index (χ3v) is 8.69. The van der Waals surface area contributed by atoms with Gasteiger partial charge in [0.25, 0.3) is 10.0 Å². The molecule has 0 spiro atoms. The SMILES string of the molecule is O=S(=O)(Nc1nccs1)c1cc(Cl)c(NC[C@@H]2CCN3CCCC23)cc1Br. The molecule has 1 unspecified atom stereocenters. The molecule has 0 aliphatic carbocycles. The van der Waals surface area contributed by atoms with E-state index in [-0.39, 0.29) is 4.90 Å². The summed E-state index contributed by atoms with van der Waals surface area (Å²) in [5.74, 6) is 0.609. The highest BCUT2D eigenvalue weighted by atomic mass is 79.9. The molecule has 2 atom stereocenters. The number of hydrogen-bond donors (Lipinski definition) is 2. The van der Waals surface area contributed by atoms with E-state index in [2.05, 4.69) is 35.9 Å². The number of hydrogen-bond acceptors (Lipinski definition) is 6. The van der Waals surface area contributed by atoms with Crippen LogP contribution in [0.2, 0.25) is 5.02 Å². The molecule has 146 valence electrons. The highest BCUT2D eigenvalue weighted by molar-refractivity contribution is 9.10. The Bertz CT molecular complexity index is 923. The molecular weight excluding hydrogens is 472 g/mol. The number of thiazole rings is 1. The molecule has 0 bridgehead atoms. The Morgan fingerprint density at radius 1 is 1.33 bits per heavy atom. The van der Waals surface area contributed by atoms with Crippen LogP contribution in [-0.4, -0.2) is 44.0 Å². The summed E-state index contributed by atoms with van der Waals surface area (Å²) >= 11 is 11.0. The minimum atomic E-state index is -3.76. The molecule has 2 N–H and O–H groups in total. The van der Waals surface area contributed by atoms with E-state index in [1.54, 1.807) is 17.6 Å². The normalized spacial score (nSPS) is 22.7. The first kappa shape index (κ1) is 19.4. The molecule has 0 radical (unpaired) electrons. The Hall–Kier alpha value is -0.870. The lowest BCUT2D eigenvalue weighted by Gasteiger charge is -2.21. The van der Waals surface area contributed by atoms with Crippen molar-refractivity contribution in [3.05, 3.63) is 33.2 Å². The molecule has 4 rings (SSSR count). The highest BCUT2D eigenvalue weighted by Gasteiger charge is 2.36. The summed E-state index contributed by atoms with van der Waals surface area (Å²) in [6.07, 6.45) is 5.29. The number of rotatable bonds is 6. The Morgan fingerprint density at radius 2 is 2.19 bits per heavy atom. The Kier molecular flexibility index (Phi) is 5.67. The maximum absolute atomic E-state index is 12.6. The molecule has 2 saturated heterocycles. The molecular formula is C17H20BrClN4O2S2. The van der Waals surface area contributed by atoms with Crippen LogP contribution in [0.25, 0.3) is 0 Å². The first-order valence-electron chi connectivity index (χ1n) is 8.83. The summed E-state index contributed by atoms with van der Waals surface area (Å²) in [6.45, 7) is 3.23. The van der Waals surface area contributed by atoms with Crippen LogP contribution in [0.4, 0.5) is 10.8 Å². The Morgan fingerprint density at radius 3 is 2.96 bits per heavy atom. The standard InChI is InChI=1S/C17H20BrClN4O2S2/c18-12-8-14(21-10-11-3-6-23-5-1-2-15(11)23)13(19)9-16(12)27(24,25)22-17-20-4-7-26-17/h4,7-9,11,15,21H,1-3,5-6,10H2,(H,20,22)/t11-,15?/m0/s1. The summed E-state index contributed by atoms with van der Waals surface area (Å²) in [5.41, 5.74) is 0.744. The second-order valence-corrected chi connectivity index (χ2v) is 10.7. The zero-order chi connectivity index (χ0) is 19.0. The van der Waals surface area contributed by atoms with Crippen molar-refractivity contribution < 1.29 is 8.42 Å². The quantitative estimate of drug-likeness (QED) is 0.632. The van der Waals surface area contributed by atoms with Gasteiger partial charge in [0, 0.05) is 28.6 Å². The highest BCUT2D eigenvalue weighted by Crippen LogP contribution is 2.36. The minimum Gasteiger partial charge on any atom is -0.383 e. The topological polar surface area (TPSA) is 74.3 Å². The molecule has 10 heteroatoms. The smallest absolute Gasteiger partial charge is 0.264 e. The lowest BCUT2D eigenvalue weighted by molar-refractivity contribution is 0.295. The maximum atomic E-state index is 12.6. The largest absolute Gasteiger partial charge is 0.383 e. The van der Waals surface area contributed by atoms with E-state index >= 15 is 0 Å². The van der Waals surface area contributed by atoms with Gasteiger partial charge in [0.1, 0.15) is 4.90 Å². The number of nitrogens with zero attached hydrogens (tertiary/aromatic N) is 2. The van der Waals surface area contributed by atoms with E-state index in [0.29, 0.717) is 26.6 Å². The van der Waals surface area contributed by atoms with Gasteiger partial charge in [-0.1, -0.05) is 11.6 Å². The monoisotopic (exact) mass is 490 g/mol. The van der Waals surface area contributed by atoms with Crippen molar-refractivity contribution in [2.75, 3.05) is 29.7 Å². The van der Waals surface area contributed by atoms with Gasteiger partial charge in [0.15, 0.2) is 5.13 Å². The molecule has 2 fully saturated rings. The van der Waals surface area contributed by atoms with E-state index in [1.165, 1.54) is 49.8 Å². The molecule has 2 aliphatic rings. The number of halogens is 2. The van der Waals surface area contributed by atoms with E-state index in [0.717, 1.165) is 12.2 Å². The zero-order valence-electron chi connectivity index (χ0n) is 14.5. The van der Waals surface area contributed by atoms with Gasteiger partial charge in [-0.15, -0.1) is 11.3 Å². The lowest BCUT2D eigenvalue weighted by Crippen LogP contribution is -2.29. The first-order chi connectivity index (χ1) is 12.9. The number of nitrogens with one attached hydrogen (secondary N) is 2. The van der Waals surface area contributed by atoms with Crippen LogP contribution in [0.5, 0.6) is 0 Å². The summed E-state index contributed by atoms with van der Waals surface area (Å²) < 4.78 is 28.2. The Balaban J connectivity index is 1.48. The second-order valence-electron chi connectivity index (χ2n) is 6.88. The summed E-state index contributed by atoms with van der Waals surface area (Å²) in [7, 11) is -3.76. The number of aromatic nitrogens is 1. The zero-order valence-corrected chi connectivity index (χ0v) is 18.5. The molecule has 6 nitrogen and oxygen atoms in total. The average Bonchev–Trinajstić information content (AvgIpc) is 3.33. The number of anilines is 2. The van der Waals surface area contributed by atoms with E-state index in [4.69, 9.17) is 11.6 Å². The van der Waals surface area contributed by atoms with Gasteiger partial charge >= 0.3 is 0 Å². The fraction of sp³-hybridized carbons (Fsp3) is 0.471. The third-order valence-electron chi connectivity index (χ3n) is 5.27. The van der Waals surface area contributed by atoms with Crippen molar-refractivity contribution in [2.45, 2.75) is 30.2 Å². The fourth-order valence-corrected chi connectivity index (χ4v) is 7.13. The Labute approximate surface area is 176 Å². The third kappa shape index (κ3) is 4.12. The summed E-state index contributed by atoms with van der Waals surface area (Å²) in [4.78, 5) is 6.63. The van der Waals surface area contributed by atoms with Crippen molar-refractivity contribution in [3.8, 4) is 0 Å². The fourth-order valence-electron chi connectivity index (χ4n) is 3.98. The van der Waals surface area contributed by atoms with E-state index in [9.17, 15) is 8.42 Å². The van der Waals surface area contributed by atoms with Crippen LogP contribution in [-0.2, 0) is 10.0 Å². The average molecular weight is 492 g/mol. The van der Waals surface area contributed by atoms with Crippen molar-refractivity contribution in [2.24, 2.45) is 5.92 Å². The van der Waals surface area contributed by atoms with Gasteiger partial charge in [-0.2, -0.15) is 0 Å². The number of fused-ring (bicyclic) bond motifs is 1. The van der Waals surface area contributed by atoms with Gasteiger partial charge in [-0.05, 0) is 66.3 Å². The molecule has 0 saturated carbocycles. The predicted molar refractivity (Wildman–Crippen MR) is 113 cm³/mol. The molecule has 2 aromatic rings. The van der Waals surface area contributed by atoms with Gasteiger partial charge in [-0.3, -0.25) is 4.72 Å². The van der Waals surface area contributed by atoms with Crippen LogP contribution in [0, 0.1) is 5.92 Å². The summed E-state index contributed by atoms with van der Waals surface area (Å²) in [6, 6.07) is 3.88. The van der Waals surface area contributed by atoms with Crippen molar-refractivity contribution in [1.29, 1.82) is 0 Å². The van der Waals surface area contributed by atoms with E-state index < -0.39 is 10.0 Å². The number of benzene rings is 1. The van der Waals surface area contributed by atoms with E-state index in [1.807, 2.05) is 0 Å². The molecule has 2 aliphatic heterocycles. The van der Waals surface area contributed by atoms with Gasteiger partial charge in [-0.25, -0.2) is 13.4 Å². The van der Waals surface area contributed by atoms with Gasteiger partial charge < -0.3 is 10.2 Å².